The van der Waals surface area contributed by atoms with Crippen molar-refractivity contribution in [3.05, 3.63) is 0 Å². The molecule has 1 fully saturated rings. The van der Waals surface area contributed by atoms with Crippen LogP contribution in [0.2, 0.25) is 0 Å². The van der Waals surface area contributed by atoms with E-state index in [1.807, 2.05) is 19.1 Å². The van der Waals surface area contributed by atoms with E-state index in [9.17, 15) is 9.59 Å². The van der Waals surface area contributed by atoms with Crippen LogP contribution in [0.15, 0.2) is 0 Å². The number of aldehydes is 2. The number of hydrogen-bond donors (Lipinski definition) is 1. The number of nitrogens with zero attached hydrogens (tertiary/aromatic N) is 1. The maximum Gasteiger partial charge on any atom is 0.119 e. The molecule has 1 N–H and O–H groups in total. The second kappa shape index (κ2) is 52.7. The summed E-state index contributed by atoms with van der Waals surface area (Å²) in [6.45, 7) is 14.8. The third-order valence-electron chi connectivity index (χ3n) is 11.5. The van der Waals surface area contributed by atoms with Gasteiger partial charge in [-0.25, -0.2) is 0 Å². The molecule has 1 atom stereocenters. The van der Waals surface area contributed by atoms with Crippen LogP contribution in [0.1, 0.15) is 252 Å². The largest absolute Gasteiger partial charge is 0.384 e. The Morgan fingerprint density at radius 1 is 0.552 bits per heavy atom. The van der Waals surface area contributed by atoms with E-state index in [2.05, 4.69) is 37.3 Å². The van der Waals surface area contributed by atoms with Gasteiger partial charge in [-0.2, -0.15) is 0 Å². The highest BCUT2D eigenvalue weighted by molar-refractivity contribution is 7.98. The Morgan fingerprint density at radius 3 is 1.36 bits per heavy atom. The highest BCUT2D eigenvalue weighted by atomic mass is 32.2. The Labute approximate surface area is 368 Å². The summed E-state index contributed by atoms with van der Waals surface area (Å²) in [4.78, 5) is 23.3. The van der Waals surface area contributed by atoms with Crippen molar-refractivity contribution in [3.63, 3.8) is 0 Å². The maximum atomic E-state index is 10.3. The van der Waals surface area contributed by atoms with Crippen LogP contribution in [0.25, 0.3) is 0 Å². The molecule has 7 heteroatoms. The van der Waals surface area contributed by atoms with Crippen molar-refractivity contribution in [3.8, 4) is 0 Å². The first-order valence-electron chi connectivity index (χ1n) is 25.5. The lowest BCUT2D eigenvalue weighted by molar-refractivity contribution is -0.108. The van der Waals surface area contributed by atoms with Gasteiger partial charge in [0.25, 0.3) is 0 Å². The van der Waals surface area contributed by atoms with Gasteiger partial charge in [0.1, 0.15) is 12.6 Å². The van der Waals surface area contributed by atoms with E-state index in [1.165, 1.54) is 219 Å². The van der Waals surface area contributed by atoms with Crippen LogP contribution in [-0.4, -0.2) is 75.8 Å². The smallest absolute Gasteiger partial charge is 0.119 e. The lowest BCUT2D eigenvalue weighted by Gasteiger charge is -2.22. The summed E-state index contributed by atoms with van der Waals surface area (Å²) in [6, 6.07) is 0. The standard InChI is InChI=1S/C22H42N2O2S.C18H38O.C11H24O/c25-20-11-7-3-1-5-9-17-24(18-10-6-2-4-8-12-21-26)19-13-16-23-27-22-14-15-22;1-4-6-8-10-12-14-16-18(19-3)17-15-13-11-9-7-5-2;1-4-5-6-7-8-9-11(2)10-12-3/h20-23H,1-19H2;18H,4-17H2,1-3H3;11H,4-10H2,1-3H3. The van der Waals surface area contributed by atoms with Gasteiger partial charge >= 0.3 is 0 Å². The van der Waals surface area contributed by atoms with Crippen molar-refractivity contribution >= 4 is 24.5 Å². The molecule has 0 saturated heterocycles. The van der Waals surface area contributed by atoms with Crippen LogP contribution in [-0.2, 0) is 19.1 Å². The third kappa shape index (κ3) is 51.7. The molecule has 0 amide bonds. The summed E-state index contributed by atoms with van der Waals surface area (Å²) < 4.78 is 14.2. The second-order valence-corrected chi connectivity index (χ2v) is 18.8. The van der Waals surface area contributed by atoms with Gasteiger partial charge in [0.15, 0.2) is 0 Å². The minimum absolute atomic E-state index is 0.525. The van der Waals surface area contributed by atoms with E-state index >= 15 is 0 Å². The summed E-state index contributed by atoms with van der Waals surface area (Å²) in [5.41, 5.74) is 0. The van der Waals surface area contributed by atoms with Gasteiger partial charge in [-0.1, -0.05) is 187 Å². The maximum absolute atomic E-state index is 10.3. The first-order valence-corrected chi connectivity index (χ1v) is 26.4. The highest BCUT2D eigenvalue weighted by Gasteiger charge is 2.21. The molecule has 1 saturated carbocycles. The minimum Gasteiger partial charge on any atom is -0.384 e. The van der Waals surface area contributed by atoms with Crippen molar-refractivity contribution in [2.24, 2.45) is 5.92 Å². The molecule has 348 valence electrons. The Morgan fingerprint density at radius 2 is 0.948 bits per heavy atom. The van der Waals surface area contributed by atoms with Crippen LogP contribution in [0, 0.1) is 5.92 Å². The normalized spacial score (nSPS) is 13.0. The molecule has 0 aromatic heterocycles. The van der Waals surface area contributed by atoms with Gasteiger partial charge in [-0.3, -0.25) is 4.72 Å². The van der Waals surface area contributed by atoms with Gasteiger partial charge in [0.2, 0.25) is 0 Å². The summed E-state index contributed by atoms with van der Waals surface area (Å²) in [5, 5.41) is 0.888. The fourth-order valence-electron chi connectivity index (χ4n) is 7.41. The SMILES string of the molecule is CCCCCCCC(C)COC.CCCCCCCCC(CCCCCCCC)OC.O=CCCCCCCCN(CCCCCCCC=O)CCCNSC1CC1. The first kappa shape index (κ1) is 59.6. The Hall–Kier alpha value is -0.470. The average molecular weight is 841 g/mol. The van der Waals surface area contributed by atoms with E-state index in [4.69, 9.17) is 9.47 Å². The highest BCUT2D eigenvalue weighted by Crippen LogP contribution is 2.31. The molecule has 0 aromatic rings. The van der Waals surface area contributed by atoms with Crippen molar-refractivity contribution in [1.29, 1.82) is 0 Å². The number of hydrogen-bond acceptors (Lipinski definition) is 7. The lowest BCUT2D eigenvalue weighted by Crippen LogP contribution is -2.29. The van der Waals surface area contributed by atoms with E-state index in [0.717, 1.165) is 62.6 Å². The third-order valence-corrected chi connectivity index (χ3v) is 12.6. The number of carbonyl (C=O) groups is 2. The van der Waals surface area contributed by atoms with Gasteiger partial charge in [0, 0.05) is 45.5 Å². The number of rotatable bonds is 45. The zero-order valence-electron chi connectivity index (χ0n) is 40.2. The Bertz CT molecular complexity index is 733. The minimum atomic E-state index is 0.525. The average Bonchev–Trinajstić information content (AvgIpc) is 4.06. The lowest BCUT2D eigenvalue weighted by atomic mass is 10.0. The van der Waals surface area contributed by atoms with Crippen molar-refractivity contribution in [2.75, 3.05) is 47.0 Å². The predicted molar refractivity (Wildman–Crippen MR) is 258 cm³/mol. The number of nitrogens with one attached hydrogen (secondary N) is 1. The molecule has 1 aliphatic rings. The van der Waals surface area contributed by atoms with Gasteiger partial charge < -0.3 is 24.0 Å². The summed E-state index contributed by atoms with van der Waals surface area (Å²) in [6.07, 6.45) is 47.8. The molecule has 0 radical (unpaired) electrons. The number of ether oxygens (including phenoxy) is 2. The zero-order valence-corrected chi connectivity index (χ0v) is 41.0. The van der Waals surface area contributed by atoms with E-state index < -0.39 is 0 Å². The molecule has 6 nitrogen and oxygen atoms in total. The predicted octanol–water partition coefficient (Wildman–Crippen LogP) is 15.3. The Kier molecular flexibility index (Phi) is 54.1. The van der Waals surface area contributed by atoms with Crippen molar-refractivity contribution in [2.45, 2.75) is 264 Å². The molecule has 0 bridgehead atoms. The molecule has 1 unspecified atom stereocenters. The molecule has 0 aromatic carbocycles. The van der Waals surface area contributed by atoms with Crippen molar-refractivity contribution < 1.29 is 19.1 Å². The zero-order chi connectivity index (χ0) is 42.8. The summed E-state index contributed by atoms with van der Waals surface area (Å²) >= 11 is 1.94. The van der Waals surface area contributed by atoms with Crippen LogP contribution in [0.3, 0.4) is 0 Å². The molecular weight excluding hydrogens is 737 g/mol. The van der Waals surface area contributed by atoms with Gasteiger partial charge in [-0.15, -0.1) is 0 Å². The van der Waals surface area contributed by atoms with Crippen LogP contribution in [0.5, 0.6) is 0 Å². The summed E-state index contributed by atoms with van der Waals surface area (Å²) in [5.74, 6) is 0.747. The number of carbonyl (C=O) groups excluding carboxylic acids is 2. The quantitative estimate of drug-likeness (QED) is 0.0372. The molecule has 1 rings (SSSR count). The van der Waals surface area contributed by atoms with Crippen LogP contribution < -0.4 is 4.72 Å². The molecule has 0 aliphatic heterocycles. The summed E-state index contributed by atoms with van der Waals surface area (Å²) in [7, 11) is 3.67. The Balaban J connectivity index is 0. The van der Waals surface area contributed by atoms with Crippen LogP contribution in [0.4, 0.5) is 0 Å². The number of unbranched alkanes of at least 4 members (excludes halogenated alkanes) is 24. The molecule has 0 spiro atoms. The topological polar surface area (TPSA) is 67.9 Å². The monoisotopic (exact) mass is 841 g/mol. The first-order chi connectivity index (χ1) is 28.5. The van der Waals surface area contributed by atoms with E-state index in [1.54, 1.807) is 7.11 Å². The van der Waals surface area contributed by atoms with E-state index in [0.29, 0.717) is 6.10 Å². The fourth-order valence-corrected chi connectivity index (χ4v) is 8.28. The molecule has 1 aliphatic carbocycles. The van der Waals surface area contributed by atoms with Crippen LogP contribution >= 0.6 is 11.9 Å². The molecule has 58 heavy (non-hydrogen) atoms. The van der Waals surface area contributed by atoms with Gasteiger partial charge in [0.05, 0.1) is 6.10 Å². The molecule has 0 heterocycles. The van der Waals surface area contributed by atoms with E-state index in [-0.39, 0.29) is 0 Å². The van der Waals surface area contributed by atoms with Gasteiger partial charge in [-0.05, 0) is 89.8 Å². The second-order valence-electron chi connectivity index (χ2n) is 17.6. The molecular formula is C51H104N2O4S. The van der Waals surface area contributed by atoms with Crippen molar-refractivity contribution in [1.82, 2.24) is 9.62 Å². The fraction of sp³-hybridized carbons (Fsp3) is 0.961. The number of methoxy groups -OCH3 is 2.